The second-order valence-electron chi connectivity index (χ2n) is 6.65. The summed E-state index contributed by atoms with van der Waals surface area (Å²) in [4.78, 5) is 33.6. The van der Waals surface area contributed by atoms with Gasteiger partial charge in [-0.3, -0.25) is 14.7 Å². The van der Waals surface area contributed by atoms with Crippen LogP contribution in [0.1, 0.15) is 26.6 Å². The normalized spacial score (nSPS) is 14.8. The number of rotatable bonds is 3. The van der Waals surface area contributed by atoms with Crippen molar-refractivity contribution in [2.75, 3.05) is 13.1 Å². The Morgan fingerprint density at radius 1 is 1.23 bits per heavy atom. The lowest BCUT2D eigenvalue weighted by Crippen LogP contribution is -2.26. The van der Waals surface area contributed by atoms with Crippen molar-refractivity contribution >= 4 is 11.3 Å². The number of thiophene rings is 1. The van der Waals surface area contributed by atoms with E-state index < -0.39 is 0 Å². The predicted octanol–water partition coefficient (Wildman–Crippen LogP) is 2.51. The standard InChI is InChI=1S/C19H21N5OS/c1-12-9-14(13(2)26-12)11-24-7-3-15-16(4-8-24)22-18(23-19(15)25)17-10-20-5-6-21-17/h5-6,9-10H,3-4,7-8,11H2,1-2H3,(H,22,23,25). The van der Waals surface area contributed by atoms with E-state index in [9.17, 15) is 4.79 Å². The molecule has 3 aromatic rings. The molecule has 26 heavy (non-hydrogen) atoms. The Kier molecular flexibility index (Phi) is 4.65. The molecule has 0 atom stereocenters. The molecule has 0 bridgehead atoms. The molecule has 7 heteroatoms. The summed E-state index contributed by atoms with van der Waals surface area (Å²) in [7, 11) is 0. The van der Waals surface area contributed by atoms with Crippen molar-refractivity contribution in [2.45, 2.75) is 33.2 Å². The zero-order valence-electron chi connectivity index (χ0n) is 15.0. The molecule has 0 unspecified atom stereocenters. The second kappa shape index (κ2) is 7.09. The first kappa shape index (κ1) is 17.1. The number of hydrogen-bond donors (Lipinski definition) is 1. The molecule has 3 aromatic heterocycles. The molecule has 0 aromatic carbocycles. The van der Waals surface area contributed by atoms with Crippen molar-refractivity contribution < 1.29 is 0 Å². The zero-order chi connectivity index (χ0) is 18.1. The van der Waals surface area contributed by atoms with E-state index in [0.717, 1.165) is 43.7 Å². The van der Waals surface area contributed by atoms with Gasteiger partial charge in [0.2, 0.25) is 0 Å². The lowest BCUT2D eigenvalue weighted by atomic mass is 10.1. The molecule has 1 aliphatic heterocycles. The van der Waals surface area contributed by atoms with E-state index in [4.69, 9.17) is 0 Å². The van der Waals surface area contributed by atoms with E-state index in [1.165, 1.54) is 15.3 Å². The molecule has 0 amide bonds. The SMILES string of the molecule is Cc1cc(CN2CCc3nc(-c4cnccn4)[nH]c(=O)c3CC2)c(C)s1. The number of nitrogens with zero attached hydrogens (tertiary/aromatic N) is 4. The van der Waals surface area contributed by atoms with Gasteiger partial charge in [-0.05, 0) is 31.9 Å². The van der Waals surface area contributed by atoms with Crippen molar-refractivity contribution in [3.05, 3.63) is 61.6 Å². The van der Waals surface area contributed by atoms with Crippen LogP contribution in [0.5, 0.6) is 0 Å². The summed E-state index contributed by atoms with van der Waals surface area (Å²) in [6.07, 6.45) is 6.33. The van der Waals surface area contributed by atoms with Gasteiger partial charge in [-0.1, -0.05) is 0 Å². The summed E-state index contributed by atoms with van der Waals surface area (Å²) in [5.74, 6) is 0.500. The van der Waals surface area contributed by atoms with E-state index in [-0.39, 0.29) is 5.56 Å². The van der Waals surface area contributed by atoms with Crippen LogP contribution < -0.4 is 5.56 Å². The maximum atomic E-state index is 12.6. The first-order chi connectivity index (χ1) is 12.6. The van der Waals surface area contributed by atoms with Crippen molar-refractivity contribution in [1.82, 2.24) is 24.8 Å². The number of hydrogen-bond acceptors (Lipinski definition) is 6. The Morgan fingerprint density at radius 3 is 2.81 bits per heavy atom. The van der Waals surface area contributed by atoms with Gasteiger partial charge >= 0.3 is 0 Å². The third kappa shape index (κ3) is 3.45. The molecule has 0 saturated carbocycles. The van der Waals surface area contributed by atoms with Gasteiger partial charge in [-0.25, -0.2) is 9.97 Å². The molecule has 1 N–H and O–H groups in total. The summed E-state index contributed by atoms with van der Waals surface area (Å²) in [5, 5.41) is 0. The fourth-order valence-electron chi connectivity index (χ4n) is 3.44. The van der Waals surface area contributed by atoms with Gasteiger partial charge in [0.15, 0.2) is 5.82 Å². The Bertz CT molecular complexity index is 979. The molecular formula is C19H21N5OS. The molecular weight excluding hydrogens is 346 g/mol. The van der Waals surface area contributed by atoms with E-state index in [1.54, 1.807) is 18.6 Å². The molecule has 1 aliphatic rings. The molecule has 0 aliphatic carbocycles. The third-order valence-corrected chi connectivity index (χ3v) is 5.80. The van der Waals surface area contributed by atoms with Crippen molar-refractivity contribution in [3.63, 3.8) is 0 Å². The van der Waals surface area contributed by atoms with Crippen LogP contribution >= 0.6 is 11.3 Å². The van der Waals surface area contributed by atoms with E-state index in [2.05, 4.69) is 44.7 Å². The highest BCUT2D eigenvalue weighted by atomic mass is 32.1. The van der Waals surface area contributed by atoms with Crippen LogP contribution in [0.2, 0.25) is 0 Å². The van der Waals surface area contributed by atoms with Gasteiger partial charge in [0, 0.05) is 53.8 Å². The molecule has 0 fully saturated rings. The van der Waals surface area contributed by atoms with Crippen LogP contribution in [-0.2, 0) is 19.4 Å². The minimum atomic E-state index is -0.0555. The van der Waals surface area contributed by atoms with Gasteiger partial charge in [-0.2, -0.15) is 0 Å². The van der Waals surface area contributed by atoms with Crippen LogP contribution in [0.15, 0.2) is 29.5 Å². The number of nitrogens with one attached hydrogen (secondary N) is 1. The fraction of sp³-hybridized carbons (Fsp3) is 0.368. The van der Waals surface area contributed by atoms with Crippen LogP contribution in [-0.4, -0.2) is 37.9 Å². The average Bonchev–Trinajstić information content (AvgIpc) is 2.82. The maximum absolute atomic E-state index is 12.6. The monoisotopic (exact) mass is 367 g/mol. The smallest absolute Gasteiger partial charge is 0.254 e. The van der Waals surface area contributed by atoms with Crippen LogP contribution in [0.4, 0.5) is 0 Å². The minimum absolute atomic E-state index is 0.0555. The number of H-pyrrole nitrogens is 1. The summed E-state index contributed by atoms with van der Waals surface area (Å²) in [6.45, 7) is 7.03. The summed E-state index contributed by atoms with van der Waals surface area (Å²) >= 11 is 1.85. The van der Waals surface area contributed by atoms with Crippen molar-refractivity contribution in [2.24, 2.45) is 0 Å². The van der Waals surface area contributed by atoms with Gasteiger partial charge < -0.3 is 4.98 Å². The van der Waals surface area contributed by atoms with E-state index in [1.807, 2.05) is 11.3 Å². The lowest BCUT2D eigenvalue weighted by molar-refractivity contribution is 0.278. The molecule has 6 nitrogen and oxygen atoms in total. The number of aryl methyl sites for hydroxylation is 2. The molecule has 0 saturated heterocycles. The Morgan fingerprint density at radius 2 is 2.08 bits per heavy atom. The van der Waals surface area contributed by atoms with E-state index >= 15 is 0 Å². The quantitative estimate of drug-likeness (QED) is 0.770. The Hall–Kier alpha value is -2.38. The third-order valence-electron chi connectivity index (χ3n) is 4.79. The number of fused-ring (bicyclic) bond motifs is 1. The predicted molar refractivity (Wildman–Crippen MR) is 102 cm³/mol. The van der Waals surface area contributed by atoms with Crippen LogP contribution in [0, 0.1) is 13.8 Å². The van der Waals surface area contributed by atoms with Gasteiger partial charge in [-0.15, -0.1) is 11.3 Å². The highest BCUT2D eigenvalue weighted by Crippen LogP contribution is 2.23. The fourth-order valence-corrected chi connectivity index (χ4v) is 4.38. The second-order valence-corrected chi connectivity index (χ2v) is 8.11. The van der Waals surface area contributed by atoms with Gasteiger partial charge in [0.05, 0.1) is 11.9 Å². The van der Waals surface area contributed by atoms with Crippen molar-refractivity contribution in [3.8, 4) is 11.5 Å². The minimum Gasteiger partial charge on any atom is -0.305 e. The summed E-state index contributed by atoms with van der Waals surface area (Å²) in [6, 6.07) is 2.27. The highest BCUT2D eigenvalue weighted by Gasteiger charge is 2.20. The molecule has 0 radical (unpaired) electrons. The average molecular weight is 367 g/mol. The van der Waals surface area contributed by atoms with Crippen molar-refractivity contribution in [1.29, 1.82) is 0 Å². The topological polar surface area (TPSA) is 74.8 Å². The lowest BCUT2D eigenvalue weighted by Gasteiger charge is -2.19. The number of aromatic nitrogens is 4. The highest BCUT2D eigenvalue weighted by molar-refractivity contribution is 7.12. The molecule has 4 heterocycles. The van der Waals surface area contributed by atoms with Crippen LogP contribution in [0.3, 0.4) is 0 Å². The van der Waals surface area contributed by atoms with Gasteiger partial charge in [0.25, 0.3) is 5.56 Å². The first-order valence-corrected chi connectivity index (χ1v) is 9.58. The Labute approximate surface area is 156 Å². The van der Waals surface area contributed by atoms with E-state index in [0.29, 0.717) is 11.5 Å². The Balaban J connectivity index is 1.57. The number of aromatic amines is 1. The molecule has 134 valence electrons. The first-order valence-electron chi connectivity index (χ1n) is 8.77. The maximum Gasteiger partial charge on any atom is 0.254 e. The largest absolute Gasteiger partial charge is 0.305 e. The van der Waals surface area contributed by atoms with Gasteiger partial charge in [0.1, 0.15) is 5.69 Å². The molecule has 4 rings (SSSR count). The summed E-state index contributed by atoms with van der Waals surface area (Å²) < 4.78 is 0. The summed E-state index contributed by atoms with van der Waals surface area (Å²) in [5.41, 5.74) is 3.62. The molecule has 0 spiro atoms. The van der Waals surface area contributed by atoms with Crippen LogP contribution in [0.25, 0.3) is 11.5 Å². The zero-order valence-corrected chi connectivity index (χ0v) is 15.8.